The zero-order chi connectivity index (χ0) is 12.8. The van der Waals surface area contributed by atoms with Gasteiger partial charge in [0.25, 0.3) is 5.56 Å². The Kier molecular flexibility index (Phi) is 4.96. The van der Waals surface area contributed by atoms with Crippen LogP contribution in [0.25, 0.3) is 0 Å². The van der Waals surface area contributed by atoms with Crippen molar-refractivity contribution >= 4 is 23.2 Å². The third kappa shape index (κ3) is 3.45. The highest BCUT2D eigenvalue weighted by atomic mass is 35.5. The highest BCUT2D eigenvalue weighted by Gasteiger charge is 2.14. The second-order valence-electron chi connectivity index (χ2n) is 3.37. The summed E-state index contributed by atoms with van der Waals surface area (Å²) in [7, 11) is 0. The van der Waals surface area contributed by atoms with E-state index in [1.165, 1.54) is 6.20 Å². The van der Waals surface area contributed by atoms with Gasteiger partial charge < -0.3 is 10.2 Å². The molecule has 0 aliphatic carbocycles. The van der Waals surface area contributed by atoms with Gasteiger partial charge in [-0.05, 0) is 13.8 Å². The Hall–Kier alpha value is -1.56. The van der Waals surface area contributed by atoms with E-state index in [-0.39, 0.29) is 17.5 Å². The Morgan fingerprint density at radius 1 is 1.59 bits per heavy atom. The van der Waals surface area contributed by atoms with Gasteiger partial charge in [-0.3, -0.25) is 9.59 Å². The maximum atomic E-state index is 11.5. The predicted molar refractivity (Wildman–Crippen MR) is 66.4 cm³/mol. The van der Waals surface area contributed by atoms with Crippen LogP contribution in [0, 0.1) is 0 Å². The fourth-order valence-electron chi connectivity index (χ4n) is 1.39. The first-order valence-corrected chi connectivity index (χ1v) is 5.72. The molecule has 6 nitrogen and oxygen atoms in total. The van der Waals surface area contributed by atoms with Gasteiger partial charge >= 0.3 is 0 Å². The number of carbonyl (C=O) groups excluding carboxylic acids is 1. The van der Waals surface area contributed by atoms with E-state index in [0.717, 1.165) is 0 Å². The van der Waals surface area contributed by atoms with Crippen molar-refractivity contribution in [1.82, 2.24) is 15.5 Å². The van der Waals surface area contributed by atoms with E-state index in [1.807, 2.05) is 13.8 Å². The van der Waals surface area contributed by atoms with E-state index in [0.29, 0.717) is 18.8 Å². The summed E-state index contributed by atoms with van der Waals surface area (Å²) >= 11 is 5.87. The second-order valence-corrected chi connectivity index (χ2v) is 3.74. The number of aromatic amines is 1. The average molecular weight is 259 g/mol. The Balaban J connectivity index is 2.90. The highest BCUT2D eigenvalue weighted by Crippen LogP contribution is 2.19. The van der Waals surface area contributed by atoms with Crippen molar-refractivity contribution in [3.63, 3.8) is 0 Å². The lowest BCUT2D eigenvalue weighted by Gasteiger charge is -2.22. The molecule has 0 aromatic carbocycles. The zero-order valence-electron chi connectivity index (χ0n) is 9.79. The van der Waals surface area contributed by atoms with Crippen LogP contribution in [0.15, 0.2) is 11.0 Å². The third-order valence-corrected chi connectivity index (χ3v) is 2.57. The SMILES string of the molecule is CCNC(=O)CN(CC)c1cn[nH]c(=O)c1Cl. The molecule has 0 bridgehead atoms. The lowest BCUT2D eigenvalue weighted by molar-refractivity contribution is -0.119. The van der Waals surface area contributed by atoms with Gasteiger partial charge in [-0.15, -0.1) is 0 Å². The molecule has 1 aromatic rings. The molecule has 17 heavy (non-hydrogen) atoms. The molecule has 0 fully saturated rings. The number of hydrogen-bond donors (Lipinski definition) is 2. The van der Waals surface area contributed by atoms with E-state index < -0.39 is 5.56 Å². The molecule has 1 amide bonds. The minimum absolute atomic E-state index is 0.0474. The molecule has 1 aromatic heterocycles. The maximum Gasteiger partial charge on any atom is 0.285 e. The van der Waals surface area contributed by atoms with Crippen molar-refractivity contribution in [2.45, 2.75) is 13.8 Å². The fraction of sp³-hybridized carbons (Fsp3) is 0.500. The van der Waals surface area contributed by atoms with E-state index >= 15 is 0 Å². The summed E-state index contributed by atoms with van der Waals surface area (Å²) in [5.41, 5.74) is 0.00249. The van der Waals surface area contributed by atoms with Crippen molar-refractivity contribution in [3.05, 3.63) is 21.6 Å². The summed E-state index contributed by atoms with van der Waals surface area (Å²) in [6, 6.07) is 0. The van der Waals surface area contributed by atoms with Crippen LogP contribution in [0.3, 0.4) is 0 Å². The van der Waals surface area contributed by atoms with Crippen LogP contribution in [0.2, 0.25) is 5.02 Å². The number of carbonyl (C=O) groups is 1. The molecule has 0 aliphatic rings. The van der Waals surface area contributed by atoms with Crippen molar-refractivity contribution in [3.8, 4) is 0 Å². The van der Waals surface area contributed by atoms with Crippen molar-refractivity contribution < 1.29 is 4.79 Å². The molecule has 94 valence electrons. The van der Waals surface area contributed by atoms with Crippen molar-refractivity contribution in [2.75, 3.05) is 24.5 Å². The van der Waals surface area contributed by atoms with Crippen LogP contribution in [0.1, 0.15) is 13.8 Å². The van der Waals surface area contributed by atoms with Crippen molar-refractivity contribution in [1.29, 1.82) is 0 Å². The lowest BCUT2D eigenvalue weighted by atomic mass is 10.3. The molecule has 0 radical (unpaired) electrons. The van der Waals surface area contributed by atoms with Gasteiger partial charge in [-0.2, -0.15) is 5.10 Å². The molecule has 7 heteroatoms. The van der Waals surface area contributed by atoms with Gasteiger partial charge in [-0.1, -0.05) is 11.6 Å². The van der Waals surface area contributed by atoms with Gasteiger partial charge in [0.1, 0.15) is 5.02 Å². The number of aromatic nitrogens is 2. The number of rotatable bonds is 5. The number of anilines is 1. The van der Waals surface area contributed by atoms with Gasteiger partial charge in [0.15, 0.2) is 0 Å². The van der Waals surface area contributed by atoms with Crippen LogP contribution in [-0.2, 0) is 4.79 Å². The Bertz CT molecular complexity index is 446. The van der Waals surface area contributed by atoms with Gasteiger partial charge in [-0.25, -0.2) is 5.10 Å². The number of halogens is 1. The average Bonchev–Trinajstić information content (AvgIpc) is 2.30. The van der Waals surface area contributed by atoms with Gasteiger partial charge in [0, 0.05) is 13.1 Å². The van der Waals surface area contributed by atoms with Crippen LogP contribution >= 0.6 is 11.6 Å². The zero-order valence-corrected chi connectivity index (χ0v) is 10.5. The second kappa shape index (κ2) is 6.24. The molecule has 2 N–H and O–H groups in total. The van der Waals surface area contributed by atoms with Crippen LogP contribution in [0.5, 0.6) is 0 Å². The minimum atomic E-state index is -0.460. The number of amides is 1. The quantitative estimate of drug-likeness (QED) is 0.801. The first-order chi connectivity index (χ1) is 8.10. The standard InChI is InChI=1S/C10H15ClN4O2/c1-3-12-8(16)6-15(4-2)7-5-13-14-10(17)9(7)11/h5H,3-4,6H2,1-2H3,(H,12,16)(H,14,17). The summed E-state index contributed by atoms with van der Waals surface area (Å²) < 4.78 is 0. The number of hydrogen-bond acceptors (Lipinski definition) is 4. The van der Waals surface area contributed by atoms with Crippen LogP contribution < -0.4 is 15.8 Å². The van der Waals surface area contributed by atoms with Crippen LogP contribution in [-0.4, -0.2) is 35.7 Å². The molecular formula is C10H15ClN4O2. The molecule has 0 unspecified atom stereocenters. The predicted octanol–water partition coefficient (Wildman–Crippen LogP) is 0.386. The Morgan fingerprint density at radius 3 is 2.88 bits per heavy atom. The molecule has 0 spiro atoms. The van der Waals surface area contributed by atoms with Gasteiger partial charge in [0.2, 0.25) is 5.91 Å². The summed E-state index contributed by atoms with van der Waals surface area (Å²) in [6.45, 7) is 4.99. The first-order valence-electron chi connectivity index (χ1n) is 5.35. The summed E-state index contributed by atoms with van der Waals surface area (Å²) in [5.74, 6) is -0.120. The topological polar surface area (TPSA) is 78.1 Å². The van der Waals surface area contributed by atoms with E-state index in [2.05, 4.69) is 15.5 Å². The summed E-state index contributed by atoms with van der Waals surface area (Å²) in [6.07, 6.45) is 1.44. The Labute approximate surface area is 104 Å². The maximum absolute atomic E-state index is 11.5. The number of nitrogens with one attached hydrogen (secondary N) is 2. The third-order valence-electron chi connectivity index (χ3n) is 2.21. The molecule has 0 saturated carbocycles. The normalized spacial score (nSPS) is 10.1. The van der Waals surface area contributed by atoms with Gasteiger partial charge in [0.05, 0.1) is 18.4 Å². The Morgan fingerprint density at radius 2 is 2.29 bits per heavy atom. The molecular weight excluding hydrogens is 244 g/mol. The van der Waals surface area contributed by atoms with Crippen LogP contribution in [0.4, 0.5) is 5.69 Å². The molecule has 0 atom stereocenters. The number of likely N-dealkylation sites (N-methyl/N-ethyl adjacent to an activating group) is 2. The molecule has 1 heterocycles. The summed E-state index contributed by atoms with van der Waals surface area (Å²) in [4.78, 5) is 24.5. The fourth-order valence-corrected chi connectivity index (χ4v) is 1.60. The summed E-state index contributed by atoms with van der Waals surface area (Å²) in [5, 5.41) is 8.64. The molecule has 0 aliphatic heterocycles. The highest BCUT2D eigenvalue weighted by molar-refractivity contribution is 6.33. The smallest absolute Gasteiger partial charge is 0.285 e. The number of nitrogens with zero attached hydrogens (tertiary/aromatic N) is 2. The minimum Gasteiger partial charge on any atom is -0.360 e. The molecule has 0 saturated heterocycles. The van der Waals surface area contributed by atoms with E-state index in [1.54, 1.807) is 4.90 Å². The monoisotopic (exact) mass is 258 g/mol. The molecule has 1 rings (SSSR count). The number of H-pyrrole nitrogens is 1. The first kappa shape index (κ1) is 13.5. The van der Waals surface area contributed by atoms with E-state index in [4.69, 9.17) is 11.6 Å². The van der Waals surface area contributed by atoms with E-state index in [9.17, 15) is 9.59 Å². The largest absolute Gasteiger partial charge is 0.360 e. The van der Waals surface area contributed by atoms with Crippen molar-refractivity contribution in [2.24, 2.45) is 0 Å². The lowest BCUT2D eigenvalue weighted by Crippen LogP contribution is -2.37.